The quantitative estimate of drug-likeness (QED) is 0.667. The predicted octanol–water partition coefficient (Wildman–Crippen LogP) is 3.36. The summed E-state index contributed by atoms with van der Waals surface area (Å²) < 4.78 is 25.9. The van der Waals surface area contributed by atoms with Crippen LogP contribution in [-0.4, -0.2) is 24.6 Å². The molecular formula is C12H24F2O. The fourth-order valence-corrected chi connectivity index (χ4v) is 1.84. The molecule has 0 aliphatic rings. The van der Waals surface area contributed by atoms with Crippen LogP contribution in [0.15, 0.2) is 0 Å². The van der Waals surface area contributed by atoms with Gasteiger partial charge in [0, 0.05) is 6.61 Å². The largest absolute Gasteiger partial charge is 0.396 e. The second kappa shape index (κ2) is 8.03. The molecule has 0 aromatic carbocycles. The van der Waals surface area contributed by atoms with Crippen LogP contribution in [0.5, 0.6) is 0 Å². The minimum Gasteiger partial charge on any atom is -0.396 e. The van der Waals surface area contributed by atoms with E-state index >= 15 is 0 Å². The highest BCUT2D eigenvalue weighted by molar-refractivity contribution is 4.71. The van der Waals surface area contributed by atoms with Crippen molar-refractivity contribution in [3.63, 3.8) is 0 Å². The van der Waals surface area contributed by atoms with Gasteiger partial charge in [0.05, 0.1) is 6.67 Å². The highest BCUT2D eigenvalue weighted by atomic mass is 19.1. The van der Waals surface area contributed by atoms with E-state index in [0.717, 1.165) is 6.42 Å². The third-order valence-electron chi connectivity index (χ3n) is 3.09. The van der Waals surface area contributed by atoms with Gasteiger partial charge < -0.3 is 5.11 Å². The van der Waals surface area contributed by atoms with E-state index in [-0.39, 0.29) is 24.4 Å². The van der Waals surface area contributed by atoms with Gasteiger partial charge in [-0.05, 0) is 37.0 Å². The zero-order valence-electron chi connectivity index (χ0n) is 10.0. The molecule has 15 heavy (non-hydrogen) atoms. The molecule has 92 valence electrons. The summed E-state index contributed by atoms with van der Waals surface area (Å²) in [7, 11) is 0. The van der Waals surface area contributed by atoms with Gasteiger partial charge in [-0.15, -0.1) is 0 Å². The van der Waals surface area contributed by atoms with Gasteiger partial charge in [-0.3, -0.25) is 4.39 Å². The summed E-state index contributed by atoms with van der Waals surface area (Å²) in [4.78, 5) is 0. The van der Waals surface area contributed by atoms with Gasteiger partial charge in [-0.1, -0.05) is 20.8 Å². The van der Waals surface area contributed by atoms with Crippen LogP contribution in [0.25, 0.3) is 0 Å². The van der Waals surface area contributed by atoms with Crippen molar-refractivity contribution in [3.8, 4) is 0 Å². The second-order valence-electron chi connectivity index (χ2n) is 4.66. The van der Waals surface area contributed by atoms with Crippen LogP contribution >= 0.6 is 0 Å². The number of hydrogen-bond acceptors (Lipinski definition) is 1. The first-order valence-corrected chi connectivity index (χ1v) is 5.85. The Morgan fingerprint density at radius 3 is 2.20 bits per heavy atom. The molecular weight excluding hydrogens is 198 g/mol. The first-order chi connectivity index (χ1) is 7.04. The Bertz CT molecular complexity index is 153. The predicted molar refractivity (Wildman–Crippen MR) is 59.3 cm³/mol. The van der Waals surface area contributed by atoms with Crippen LogP contribution in [0, 0.1) is 17.8 Å². The zero-order chi connectivity index (χ0) is 11.8. The van der Waals surface area contributed by atoms with E-state index in [1.165, 1.54) is 0 Å². The fourth-order valence-electron chi connectivity index (χ4n) is 1.84. The van der Waals surface area contributed by atoms with Crippen LogP contribution in [0.4, 0.5) is 8.78 Å². The average molecular weight is 222 g/mol. The Balaban J connectivity index is 4.03. The smallest absolute Gasteiger partial charge is 0.100 e. The zero-order valence-corrected chi connectivity index (χ0v) is 10.0. The van der Waals surface area contributed by atoms with Gasteiger partial charge in [0.15, 0.2) is 0 Å². The van der Waals surface area contributed by atoms with Crippen molar-refractivity contribution >= 4 is 0 Å². The SMILES string of the molecule is CC[C@@H](F)C[C@H](CF)[C@@H](C)C[C@@H](C)CO. The monoisotopic (exact) mass is 222 g/mol. The molecule has 4 atom stereocenters. The normalized spacial score (nSPS) is 19.6. The second-order valence-corrected chi connectivity index (χ2v) is 4.66. The molecule has 0 saturated carbocycles. The molecule has 1 N–H and O–H groups in total. The summed E-state index contributed by atoms with van der Waals surface area (Å²) >= 11 is 0. The van der Waals surface area contributed by atoms with Gasteiger partial charge >= 0.3 is 0 Å². The minimum absolute atomic E-state index is 0.121. The molecule has 0 bridgehead atoms. The first-order valence-electron chi connectivity index (χ1n) is 5.85. The lowest BCUT2D eigenvalue weighted by molar-refractivity contribution is 0.151. The van der Waals surface area contributed by atoms with Crippen molar-refractivity contribution in [1.82, 2.24) is 0 Å². The molecule has 0 radical (unpaired) electrons. The lowest BCUT2D eigenvalue weighted by Gasteiger charge is -2.24. The molecule has 0 aromatic rings. The Labute approximate surface area is 91.9 Å². The summed E-state index contributed by atoms with van der Waals surface area (Å²) in [6.45, 7) is 5.31. The molecule has 3 heteroatoms. The maximum Gasteiger partial charge on any atom is 0.100 e. The molecule has 0 fully saturated rings. The van der Waals surface area contributed by atoms with Crippen LogP contribution in [0.1, 0.15) is 40.0 Å². The Morgan fingerprint density at radius 2 is 1.80 bits per heavy atom. The van der Waals surface area contributed by atoms with Gasteiger partial charge in [0.25, 0.3) is 0 Å². The highest BCUT2D eigenvalue weighted by Crippen LogP contribution is 2.26. The van der Waals surface area contributed by atoms with Gasteiger partial charge in [-0.2, -0.15) is 0 Å². The number of rotatable bonds is 8. The third-order valence-corrected chi connectivity index (χ3v) is 3.09. The maximum atomic E-state index is 13.1. The van der Waals surface area contributed by atoms with Crippen molar-refractivity contribution in [1.29, 1.82) is 0 Å². The van der Waals surface area contributed by atoms with Crippen molar-refractivity contribution in [2.45, 2.75) is 46.2 Å². The van der Waals surface area contributed by atoms with Gasteiger partial charge in [-0.25, -0.2) is 4.39 Å². The molecule has 0 rings (SSSR count). The van der Waals surface area contributed by atoms with Crippen molar-refractivity contribution in [2.24, 2.45) is 17.8 Å². The molecule has 0 aliphatic heterocycles. The topological polar surface area (TPSA) is 20.2 Å². The Kier molecular flexibility index (Phi) is 7.93. The number of alkyl halides is 2. The first kappa shape index (κ1) is 14.8. The van der Waals surface area contributed by atoms with Crippen molar-refractivity contribution in [3.05, 3.63) is 0 Å². The number of aliphatic hydroxyl groups is 1. The highest BCUT2D eigenvalue weighted by Gasteiger charge is 2.22. The molecule has 0 saturated heterocycles. The molecule has 0 aromatic heterocycles. The average Bonchev–Trinajstić information content (AvgIpc) is 2.24. The van der Waals surface area contributed by atoms with E-state index in [1.807, 2.05) is 13.8 Å². The van der Waals surface area contributed by atoms with Crippen molar-refractivity contribution < 1.29 is 13.9 Å². The molecule has 0 heterocycles. The summed E-state index contributed by atoms with van der Waals surface area (Å²) in [6, 6.07) is 0. The van der Waals surface area contributed by atoms with E-state index in [4.69, 9.17) is 5.11 Å². The van der Waals surface area contributed by atoms with Gasteiger partial charge in [0.1, 0.15) is 6.17 Å². The molecule has 0 amide bonds. The van der Waals surface area contributed by atoms with Crippen LogP contribution in [0.2, 0.25) is 0 Å². The number of aliphatic hydroxyl groups excluding tert-OH is 1. The minimum atomic E-state index is -0.891. The van der Waals surface area contributed by atoms with E-state index < -0.39 is 12.8 Å². The van der Waals surface area contributed by atoms with E-state index in [2.05, 4.69) is 0 Å². The standard InChI is InChI=1S/C12H24F2O/c1-4-12(14)6-11(7-13)10(3)5-9(2)8-15/h9-12,15H,4-8H2,1-3H3/t9-,10+,11-,12-/m1/s1. The van der Waals surface area contributed by atoms with E-state index in [0.29, 0.717) is 12.8 Å². The molecule has 0 unspecified atom stereocenters. The van der Waals surface area contributed by atoms with Crippen LogP contribution in [0.3, 0.4) is 0 Å². The third kappa shape index (κ3) is 6.08. The lowest BCUT2D eigenvalue weighted by atomic mass is 9.84. The fraction of sp³-hybridized carbons (Fsp3) is 1.00. The molecule has 0 aliphatic carbocycles. The summed E-state index contributed by atoms with van der Waals surface area (Å²) in [5.41, 5.74) is 0. The molecule has 0 spiro atoms. The maximum absolute atomic E-state index is 13.1. The lowest BCUT2D eigenvalue weighted by Crippen LogP contribution is -2.21. The van der Waals surface area contributed by atoms with E-state index in [9.17, 15) is 8.78 Å². The van der Waals surface area contributed by atoms with Crippen LogP contribution in [-0.2, 0) is 0 Å². The Morgan fingerprint density at radius 1 is 1.20 bits per heavy atom. The van der Waals surface area contributed by atoms with Crippen LogP contribution < -0.4 is 0 Å². The summed E-state index contributed by atoms with van der Waals surface area (Å²) in [5.74, 6) is 0.115. The van der Waals surface area contributed by atoms with Gasteiger partial charge in [0.2, 0.25) is 0 Å². The summed E-state index contributed by atoms with van der Waals surface area (Å²) in [5, 5.41) is 8.90. The Hall–Kier alpha value is -0.180. The molecule has 1 nitrogen and oxygen atoms in total. The van der Waals surface area contributed by atoms with E-state index in [1.54, 1.807) is 6.92 Å². The number of halogens is 2. The van der Waals surface area contributed by atoms with Crippen molar-refractivity contribution in [2.75, 3.05) is 13.3 Å². The summed E-state index contributed by atoms with van der Waals surface area (Å²) in [6.07, 6.45) is 0.643. The number of hydrogen-bond donors (Lipinski definition) is 1.